The summed E-state index contributed by atoms with van der Waals surface area (Å²) in [4.78, 5) is 31.2. The standard InChI is InChI=1S/C13H19N3O3/c1-7(2)5-11(13(18)19)16-12(17)10-6-14-9(4)15-8(10)3/h6-7,11H,5H2,1-4H3,(H,16,17)(H,18,19)/t11-/m1/s1. The van der Waals surface area contributed by atoms with E-state index in [9.17, 15) is 9.59 Å². The Morgan fingerprint density at radius 2 is 2.00 bits per heavy atom. The van der Waals surface area contributed by atoms with E-state index in [0.717, 1.165) is 0 Å². The van der Waals surface area contributed by atoms with Crippen molar-refractivity contribution in [2.75, 3.05) is 0 Å². The number of hydrogen-bond acceptors (Lipinski definition) is 4. The van der Waals surface area contributed by atoms with E-state index in [4.69, 9.17) is 5.11 Å². The minimum Gasteiger partial charge on any atom is -0.480 e. The molecule has 0 aliphatic rings. The van der Waals surface area contributed by atoms with Crippen LogP contribution in [0.1, 0.15) is 42.1 Å². The van der Waals surface area contributed by atoms with Crippen LogP contribution in [0.15, 0.2) is 6.20 Å². The summed E-state index contributed by atoms with van der Waals surface area (Å²) < 4.78 is 0. The summed E-state index contributed by atoms with van der Waals surface area (Å²) in [5.41, 5.74) is 0.847. The number of rotatable bonds is 5. The first-order valence-corrected chi connectivity index (χ1v) is 6.15. The van der Waals surface area contributed by atoms with Crippen LogP contribution in [0.5, 0.6) is 0 Å². The van der Waals surface area contributed by atoms with Crippen molar-refractivity contribution in [1.82, 2.24) is 15.3 Å². The lowest BCUT2D eigenvalue weighted by Crippen LogP contribution is -2.42. The third-order valence-corrected chi connectivity index (χ3v) is 2.65. The number of carboxylic acid groups (broad SMARTS) is 1. The number of carbonyl (C=O) groups is 2. The highest BCUT2D eigenvalue weighted by Gasteiger charge is 2.22. The monoisotopic (exact) mass is 265 g/mol. The topological polar surface area (TPSA) is 92.2 Å². The van der Waals surface area contributed by atoms with Crippen molar-refractivity contribution in [2.45, 2.75) is 40.2 Å². The zero-order valence-electron chi connectivity index (χ0n) is 11.6. The molecule has 0 saturated heterocycles. The SMILES string of the molecule is Cc1ncc(C(=O)N[C@H](CC(C)C)C(=O)O)c(C)n1. The van der Waals surface area contributed by atoms with E-state index in [2.05, 4.69) is 15.3 Å². The van der Waals surface area contributed by atoms with Crippen molar-refractivity contribution in [2.24, 2.45) is 5.92 Å². The van der Waals surface area contributed by atoms with Gasteiger partial charge in [0.2, 0.25) is 0 Å². The fraction of sp³-hybridized carbons (Fsp3) is 0.538. The molecule has 0 aliphatic carbocycles. The van der Waals surface area contributed by atoms with Gasteiger partial charge in [-0.05, 0) is 26.2 Å². The average molecular weight is 265 g/mol. The molecule has 0 aliphatic heterocycles. The van der Waals surface area contributed by atoms with Gasteiger partial charge in [-0.3, -0.25) is 4.79 Å². The van der Waals surface area contributed by atoms with E-state index in [1.807, 2.05) is 13.8 Å². The molecular weight excluding hydrogens is 246 g/mol. The summed E-state index contributed by atoms with van der Waals surface area (Å²) in [7, 11) is 0. The lowest BCUT2D eigenvalue weighted by atomic mass is 10.0. The van der Waals surface area contributed by atoms with E-state index in [1.165, 1.54) is 6.20 Å². The average Bonchev–Trinajstić information content (AvgIpc) is 2.26. The van der Waals surface area contributed by atoms with Crippen LogP contribution in [-0.4, -0.2) is 33.0 Å². The molecule has 1 aromatic rings. The van der Waals surface area contributed by atoms with Crippen LogP contribution in [0.2, 0.25) is 0 Å². The first kappa shape index (κ1) is 15.1. The Hall–Kier alpha value is -1.98. The number of amides is 1. The van der Waals surface area contributed by atoms with Gasteiger partial charge < -0.3 is 10.4 Å². The lowest BCUT2D eigenvalue weighted by Gasteiger charge is -2.16. The Morgan fingerprint density at radius 3 is 2.47 bits per heavy atom. The number of aliphatic carboxylic acids is 1. The molecule has 1 rings (SSSR count). The summed E-state index contributed by atoms with van der Waals surface area (Å²) in [5, 5.41) is 11.6. The molecule has 0 fully saturated rings. The summed E-state index contributed by atoms with van der Waals surface area (Å²) in [6, 6.07) is -0.895. The van der Waals surface area contributed by atoms with Crippen molar-refractivity contribution in [1.29, 1.82) is 0 Å². The smallest absolute Gasteiger partial charge is 0.326 e. The molecule has 6 heteroatoms. The zero-order chi connectivity index (χ0) is 14.6. The second kappa shape index (κ2) is 6.26. The summed E-state index contributed by atoms with van der Waals surface area (Å²) in [5.74, 6) is -0.735. The van der Waals surface area contributed by atoms with Crippen LogP contribution in [-0.2, 0) is 4.79 Å². The van der Waals surface area contributed by atoms with Crippen molar-refractivity contribution >= 4 is 11.9 Å². The largest absolute Gasteiger partial charge is 0.480 e. The molecule has 104 valence electrons. The number of nitrogens with zero attached hydrogens (tertiary/aromatic N) is 2. The van der Waals surface area contributed by atoms with Gasteiger partial charge in [-0.1, -0.05) is 13.8 Å². The van der Waals surface area contributed by atoms with Gasteiger partial charge in [0.25, 0.3) is 5.91 Å². The highest BCUT2D eigenvalue weighted by molar-refractivity contribution is 5.97. The van der Waals surface area contributed by atoms with Crippen LogP contribution >= 0.6 is 0 Å². The normalized spacial score (nSPS) is 12.3. The van der Waals surface area contributed by atoms with Crippen molar-refractivity contribution in [3.63, 3.8) is 0 Å². The molecule has 0 unspecified atom stereocenters. The van der Waals surface area contributed by atoms with E-state index < -0.39 is 17.9 Å². The number of nitrogens with one attached hydrogen (secondary N) is 1. The van der Waals surface area contributed by atoms with Crippen LogP contribution in [0.3, 0.4) is 0 Å². The molecular formula is C13H19N3O3. The van der Waals surface area contributed by atoms with E-state index in [1.54, 1.807) is 13.8 Å². The third-order valence-electron chi connectivity index (χ3n) is 2.65. The fourth-order valence-electron chi connectivity index (χ4n) is 1.73. The quantitative estimate of drug-likeness (QED) is 0.837. The van der Waals surface area contributed by atoms with E-state index in [0.29, 0.717) is 23.5 Å². The van der Waals surface area contributed by atoms with Crippen LogP contribution in [0.25, 0.3) is 0 Å². The molecule has 19 heavy (non-hydrogen) atoms. The second-order valence-corrected chi connectivity index (χ2v) is 4.91. The Kier molecular flexibility index (Phi) is 4.97. The van der Waals surface area contributed by atoms with E-state index in [-0.39, 0.29) is 5.92 Å². The molecule has 1 amide bonds. The summed E-state index contributed by atoms with van der Waals surface area (Å²) >= 11 is 0. The third kappa shape index (κ3) is 4.31. The molecule has 0 saturated carbocycles. The van der Waals surface area contributed by atoms with Gasteiger partial charge in [0.1, 0.15) is 11.9 Å². The lowest BCUT2D eigenvalue weighted by molar-refractivity contribution is -0.139. The maximum Gasteiger partial charge on any atom is 0.326 e. The molecule has 0 bridgehead atoms. The molecule has 0 radical (unpaired) electrons. The fourth-order valence-corrected chi connectivity index (χ4v) is 1.73. The minimum absolute atomic E-state index is 0.178. The van der Waals surface area contributed by atoms with Crippen molar-refractivity contribution < 1.29 is 14.7 Å². The Morgan fingerprint density at radius 1 is 1.37 bits per heavy atom. The first-order valence-electron chi connectivity index (χ1n) is 6.15. The van der Waals surface area contributed by atoms with Crippen LogP contribution < -0.4 is 5.32 Å². The number of aryl methyl sites for hydroxylation is 2. The van der Waals surface area contributed by atoms with Gasteiger partial charge in [0, 0.05) is 6.20 Å². The number of carboxylic acids is 1. The van der Waals surface area contributed by atoms with Gasteiger partial charge in [-0.15, -0.1) is 0 Å². The maximum absolute atomic E-state index is 12.0. The Balaban J connectivity index is 2.84. The van der Waals surface area contributed by atoms with Crippen molar-refractivity contribution in [3.8, 4) is 0 Å². The molecule has 0 aromatic carbocycles. The molecule has 1 heterocycles. The molecule has 0 spiro atoms. The molecule has 1 atom stereocenters. The number of aromatic nitrogens is 2. The van der Waals surface area contributed by atoms with Gasteiger partial charge in [0.15, 0.2) is 0 Å². The Bertz CT molecular complexity index is 486. The van der Waals surface area contributed by atoms with Gasteiger partial charge in [-0.2, -0.15) is 0 Å². The predicted molar refractivity (Wildman–Crippen MR) is 69.9 cm³/mol. The van der Waals surface area contributed by atoms with Crippen LogP contribution in [0.4, 0.5) is 0 Å². The summed E-state index contributed by atoms with van der Waals surface area (Å²) in [6.45, 7) is 7.24. The highest BCUT2D eigenvalue weighted by atomic mass is 16.4. The first-order chi connectivity index (χ1) is 8.81. The number of hydrogen-bond donors (Lipinski definition) is 2. The van der Waals surface area contributed by atoms with E-state index >= 15 is 0 Å². The van der Waals surface area contributed by atoms with Gasteiger partial charge >= 0.3 is 5.97 Å². The predicted octanol–water partition coefficient (Wildman–Crippen LogP) is 1.32. The zero-order valence-corrected chi connectivity index (χ0v) is 11.6. The molecule has 1 aromatic heterocycles. The van der Waals surface area contributed by atoms with Crippen LogP contribution in [0, 0.1) is 19.8 Å². The van der Waals surface area contributed by atoms with Crippen molar-refractivity contribution in [3.05, 3.63) is 23.3 Å². The molecule has 2 N–H and O–H groups in total. The highest BCUT2D eigenvalue weighted by Crippen LogP contribution is 2.08. The van der Waals surface area contributed by atoms with Gasteiger partial charge in [0.05, 0.1) is 11.3 Å². The summed E-state index contributed by atoms with van der Waals surface area (Å²) in [6.07, 6.45) is 1.80. The number of carbonyl (C=O) groups excluding carboxylic acids is 1. The second-order valence-electron chi connectivity index (χ2n) is 4.91. The maximum atomic E-state index is 12.0. The minimum atomic E-state index is -1.03. The van der Waals surface area contributed by atoms with Gasteiger partial charge in [-0.25, -0.2) is 14.8 Å². The molecule has 6 nitrogen and oxygen atoms in total. The Labute approximate surface area is 112 Å².